The maximum absolute atomic E-state index is 12.6. The highest BCUT2D eigenvalue weighted by molar-refractivity contribution is 5.92. The molecule has 1 aliphatic heterocycles. The van der Waals surface area contributed by atoms with Crippen LogP contribution >= 0.6 is 0 Å². The number of carbonyl (C=O) groups is 2. The number of rotatable bonds is 8. The van der Waals surface area contributed by atoms with Crippen molar-refractivity contribution in [3.8, 4) is 5.75 Å². The number of hydrogen-bond acceptors (Lipinski definition) is 4. The summed E-state index contributed by atoms with van der Waals surface area (Å²) in [5.41, 5.74) is 0.891. The zero-order valence-electron chi connectivity index (χ0n) is 14.5. The van der Waals surface area contributed by atoms with Crippen LogP contribution in [0.3, 0.4) is 0 Å². The van der Waals surface area contributed by atoms with Gasteiger partial charge in [-0.25, -0.2) is 0 Å². The lowest BCUT2D eigenvalue weighted by atomic mass is 10.1. The number of carbonyl (C=O) groups excluding carboxylic acids is 1. The Kier molecular flexibility index (Phi) is 7.47. The Bertz CT molecular complexity index is 590. The maximum atomic E-state index is 12.6. The average Bonchev–Trinajstić information content (AvgIpc) is 2.62. The highest BCUT2D eigenvalue weighted by atomic mass is 16.5. The number of amides is 1. The summed E-state index contributed by atoms with van der Waals surface area (Å²) >= 11 is 0. The number of nitrogens with zero attached hydrogens (tertiary/aromatic N) is 1. The number of benzene rings is 1. The van der Waals surface area contributed by atoms with E-state index in [1.54, 1.807) is 11.0 Å². The van der Waals surface area contributed by atoms with Crippen LogP contribution in [-0.4, -0.2) is 54.3 Å². The first kappa shape index (κ1) is 19.0. The van der Waals surface area contributed by atoms with Crippen molar-refractivity contribution in [2.45, 2.75) is 32.2 Å². The summed E-state index contributed by atoms with van der Waals surface area (Å²) in [6.45, 7) is 3.95. The minimum Gasteiger partial charge on any atom is -0.494 e. The fourth-order valence-corrected chi connectivity index (χ4v) is 2.79. The first-order valence-corrected chi connectivity index (χ1v) is 8.61. The molecule has 0 unspecified atom stereocenters. The number of aliphatic carboxylic acids is 1. The van der Waals surface area contributed by atoms with Crippen molar-refractivity contribution < 1.29 is 24.2 Å². The van der Waals surface area contributed by atoms with E-state index in [0.29, 0.717) is 19.8 Å². The van der Waals surface area contributed by atoms with Crippen LogP contribution < -0.4 is 4.74 Å². The van der Waals surface area contributed by atoms with Gasteiger partial charge in [-0.3, -0.25) is 9.59 Å². The van der Waals surface area contributed by atoms with Crippen LogP contribution in [0.15, 0.2) is 30.3 Å². The molecule has 0 atom stereocenters. The predicted molar refractivity (Wildman–Crippen MR) is 94.5 cm³/mol. The summed E-state index contributed by atoms with van der Waals surface area (Å²) in [5.74, 6) is -0.279. The van der Waals surface area contributed by atoms with E-state index >= 15 is 0 Å². The Morgan fingerprint density at radius 2 is 1.96 bits per heavy atom. The second-order valence-corrected chi connectivity index (χ2v) is 5.85. The molecule has 0 bridgehead atoms. The van der Waals surface area contributed by atoms with E-state index in [1.165, 1.54) is 6.08 Å². The number of hydrogen-bond donors (Lipinski definition) is 1. The average molecular weight is 347 g/mol. The molecular formula is C19H25NO5. The Labute approximate surface area is 148 Å². The summed E-state index contributed by atoms with van der Waals surface area (Å²) in [7, 11) is 0. The van der Waals surface area contributed by atoms with E-state index in [2.05, 4.69) is 0 Å². The van der Waals surface area contributed by atoms with Gasteiger partial charge in [0.15, 0.2) is 0 Å². The highest BCUT2D eigenvalue weighted by Crippen LogP contribution is 2.17. The van der Waals surface area contributed by atoms with Gasteiger partial charge in [-0.05, 0) is 43.5 Å². The second kappa shape index (κ2) is 9.84. The summed E-state index contributed by atoms with van der Waals surface area (Å²) in [5, 5.41) is 8.93. The van der Waals surface area contributed by atoms with Crippen LogP contribution in [0.2, 0.25) is 0 Å². The molecule has 0 spiro atoms. The largest absolute Gasteiger partial charge is 0.494 e. The van der Waals surface area contributed by atoms with Crippen LogP contribution in [0.5, 0.6) is 5.75 Å². The van der Waals surface area contributed by atoms with Crippen LogP contribution in [0.25, 0.3) is 6.08 Å². The lowest BCUT2D eigenvalue weighted by Gasteiger charge is -2.33. The van der Waals surface area contributed by atoms with Crippen LogP contribution in [-0.2, 0) is 14.3 Å². The lowest BCUT2D eigenvalue weighted by Crippen LogP contribution is -2.43. The normalized spacial score (nSPS) is 15.2. The van der Waals surface area contributed by atoms with Crippen LogP contribution in [0.1, 0.15) is 31.7 Å². The monoisotopic (exact) mass is 347 g/mol. The zero-order valence-corrected chi connectivity index (χ0v) is 14.5. The predicted octanol–water partition coefficient (Wildman–Crippen LogP) is 2.58. The van der Waals surface area contributed by atoms with E-state index < -0.39 is 5.97 Å². The Hall–Kier alpha value is -2.34. The van der Waals surface area contributed by atoms with E-state index in [4.69, 9.17) is 14.6 Å². The molecule has 0 saturated carbocycles. The molecule has 1 N–H and O–H groups in total. The van der Waals surface area contributed by atoms with Crippen molar-refractivity contribution in [3.63, 3.8) is 0 Å². The van der Waals surface area contributed by atoms with Crippen molar-refractivity contribution in [1.82, 2.24) is 4.90 Å². The third-order valence-corrected chi connectivity index (χ3v) is 4.09. The van der Waals surface area contributed by atoms with Crippen molar-refractivity contribution in [3.05, 3.63) is 35.9 Å². The topological polar surface area (TPSA) is 76.1 Å². The van der Waals surface area contributed by atoms with Gasteiger partial charge < -0.3 is 19.5 Å². The van der Waals surface area contributed by atoms with Crippen molar-refractivity contribution in [2.24, 2.45) is 0 Å². The number of carboxylic acid groups (broad SMARTS) is 1. The molecular weight excluding hydrogens is 322 g/mol. The minimum atomic E-state index is -0.902. The molecule has 0 radical (unpaired) electrons. The first-order chi connectivity index (χ1) is 12.1. The highest BCUT2D eigenvalue weighted by Gasteiger charge is 2.24. The third kappa shape index (κ3) is 6.23. The quantitative estimate of drug-likeness (QED) is 0.732. The van der Waals surface area contributed by atoms with Crippen molar-refractivity contribution >= 4 is 18.0 Å². The van der Waals surface area contributed by atoms with Gasteiger partial charge >= 0.3 is 5.97 Å². The van der Waals surface area contributed by atoms with Gasteiger partial charge in [-0.15, -0.1) is 0 Å². The summed E-state index contributed by atoms with van der Waals surface area (Å²) in [6.07, 6.45) is 4.67. The molecule has 1 fully saturated rings. The van der Waals surface area contributed by atoms with E-state index in [9.17, 15) is 9.59 Å². The molecule has 1 saturated heterocycles. The molecule has 1 aromatic carbocycles. The lowest BCUT2D eigenvalue weighted by molar-refractivity contribution is -0.138. The smallest absolute Gasteiger partial charge is 0.305 e. The van der Waals surface area contributed by atoms with Gasteiger partial charge in [0.05, 0.1) is 13.0 Å². The fraction of sp³-hybridized carbons (Fsp3) is 0.474. The second-order valence-electron chi connectivity index (χ2n) is 5.85. The molecule has 6 heteroatoms. The molecule has 1 amide bonds. The summed E-state index contributed by atoms with van der Waals surface area (Å²) < 4.78 is 10.7. The molecule has 1 aliphatic rings. The first-order valence-electron chi connectivity index (χ1n) is 8.61. The molecule has 136 valence electrons. The molecule has 0 aromatic heterocycles. The molecule has 6 nitrogen and oxygen atoms in total. The minimum absolute atomic E-state index is 0.0329. The van der Waals surface area contributed by atoms with Crippen LogP contribution in [0, 0.1) is 0 Å². The Morgan fingerprint density at radius 1 is 1.28 bits per heavy atom. The summed E-state index contributed by atoms with van der Waals surface area (Å²) in [4.78, 5) is 25.1. The molecule has 1 heterocycles. The summed E-state index contributed by atoms with van der Waals surface area (Å²) in [6, 6.07) is 7.50. The van der Waals surface area contributed by atoms with Gasteiger partial charge in [-0.2, -0.15) is 0 Å². The maximum Gasteiger partial charge on any atom is 0.305 e. The van der Waals surface area contributed by atoms with Gasteiger partial charge in [0.1, 0.15) is 5.75 Å². The van der Waals surface area contributed by atoms with Crippen molar-refractivity contribution in [2.75, 3.05) is 26.4 Å². The van der Waals surface area contributed by atoms with E-state index in [1.807, 2.05) is 31.2 Å². The molecule has 2 rings (SSSR count). The number of carboxylic acids is 1. The SMILES string of the molecule is CCOc1ccc(/C=C/C(=O)N(CCC(=O)O)C2CCOCC2)cc1. The Balaban J connectivity index is 2.02. The molecule has 1 aromatic rings. The van der Waals surface area contributed by atoms with E-state index in [-0.39, 0.29) is 24.9 Å². The third-order valence-electron chi connectivity index (χ3n) is 4.09. The Morgan fingerprint density at radius 3 is 2.56 bits per heavy atom. The molecule has 25 heavy (non-hydrogen) atoms. The molecule has 0 aliphatic carbocycles. The van der Waals surface area contributed by atoms with Gasteiger partial charge in [-0.1, -0.05) is 12.1 Å². The van der Waals surface area contributed by atoms with Gasteiger partial charge in [0.25, 0.3) is 0 Å². The van der Waals surface area contributed by atoms with Gasteiger partial charge in [0.2, 0.25) is 5.91 Å². The van der Waals surface area contributed by atoms with E-state index in [0.717, 1.165) is 24.2 Å². The fourth-order valence-electron chi connectivity index (χ4n) is 2.79. The van der Waals surface area contributed by atoms with Crippen molar-refractivity contribution in [1.29, 1.82) is 0 Å². The van der Waals surface area contributed by atoms with Gasteiger partial charge in [0, 0.05) is 31.9 Å². The number of ether oxygens (including phenoxy) is 2. The zero-order chi connectivity index (χ0) is 18.1. The van der Waals surface area contributed by atoms with Crippen LogP contribution in [0.4, 0.5) is 0 Å². The standard InChI is InChI=1S/C19H25NO5/c1-2-25-17-6-3-15(4-7-17)5-8-18(21)20(12-9-19(22)23)16-10-13-24-14-11-16/h3-8,16H,2,9-14H2,1H3,(H,22,23)/b8-5+.